The highest BCUT2D eigenvalue weighted by atomic mass is 16.7. The molecule has 1 amide bonds. The zero-order chi connectivity index (χ0) is 21.4. The molecular formula is C24H19N3O4. The van der Waals surface area contributed by atoms with Gasteiger partial charge in [-0.2, -0.15) is 0 Å². The van der Waals surface area contributed by atoms with Crippen LogP contribution in [0.25, 0.3) is 10.9 Å². The number of hydrogen-bond donors (Lipinski definition) is 1. The van der Waals surface area contributed by atoms with E-state index in [0.717, 1.165) is 5.56 Å². The third-order valence-corrected chi connectivity index (χ3v) is 5.22. The lowest BCUT2D eigenvalue weighted by molar-refractivity contribution is 0.102. The number of anilines is 1. The summed E-state index contributed by atoms with van der Waals surface area (Å²) >= 11 is 0. The van der Waals surface area contributed by atoms with Crippen molar-refractivity contribution in [3.8, 4) is 11.5 Å². The van der Waals surface area contributed by atoms with Crippen molar-refractivity contribution in [1.82, 2.24) is 9.55 Å². The van der Waals surface area contributed by atoms with Crippen LogP contribution in [0.3, 0.4) is 0 Å². The van der Waals surface area contributed by atoms with E-state index in [2.05, 4.69) is 10.3 Å². The predicted octanol–water partition coefficient (Wildman–Crippen LogP) is 3.73. The van der Waals surface area contributed by atoms with Crippen LogP contribution in [-0.2, 0) is 6.54 Å². The molecular weight excluding hydrogens is 394 g/mol. The van der Waals surface area contributed by atoms with E-state index in [0.29, 0.717) is 45.9 Å². The third-order valence-electron chi connectivity index (χ3n) is 5.22. The van der Waals surface area contributed by atoms with Gasteiger partial charge in [-0.05, 0) is 36.8 Å². The summed E-state index contributed by atoms with van der Waals surface area (Å²) in [6, 6.07) is 18.3. The highest BCUT2D eigenvalue weighted by Crippen LogP contribution is 2.34. The van der Waals surface area contributed by atoms with Gasteiger partial charge in [0, 0.05) is 18.0 Å². The van der Waals surface area contributed by atoms with Crippen molar-refractivity contribution in [3.05, 3.63) is 94.0 Å². The summed E-state index contributed by atoms with van der Waals surface area (Å²) < 4.78 is 12.3. The van der Waals surface area contributed by atoms with E-state index in [4.69, 9.17) is 9.47 Å². The van der Waals surface area contributed by atoms with Gasteiger partial charge in [-0.25, -0.2) is 0 Å². The summed E-state index contributed by atoms with van der Waals surface area (Å²) in [4.78, 5) is 30.5. The van der Waals surface area contributed by atoms with Crippen LogP contribution in [0.4, 0.5) is 5.69 Å². The fourth-order valence-electron chi connectivity index (χ4n) is 3.61. The van der Waals surface area contributed by atoms with Crippen molar-refractivity contribution in [2.45, 2.75) is 13.5 Å². The molecule has 7 heteroatoms. The number of aryl methyl sites for hydroxylation is 1. The van der Waals surface area contributed by atoms with Crippen molar-refractivity contribution in [3.63, 3.8) is 0 Å². The number of ether oxygens (including phenoxy) is 2. The van der Waals surface area contributed by atoms with Gasteiger partial charge >= 0.3 is 0 Å². The Morgan fingerprint density at radius 2 is 1.87 bits per heavy atom. The van der Waals surface area contributed by atoms with Crippen LogP contribution in [0.15, 0.2) is 71.7 Å². The van der Waals surface area contributed by atoms with Crippen LogP contribution in [-0.4, -0.2) is 22.3 Å². The number of benzene rings is 2. The van der Waals surface area contributed by atoms with Gasteiger partial charge in [0.2, 0.25) is 6.79 Å². The molecule has 0 unspecified atom stereocenters. The third kappa shape index (κ3) is 3.61. The van der Waals surface area contributed by atoms with E-state index in [9.17, 15) is 9.59 Å². The Balaban J connectivity index is 1.48. The van der Waals surface area contributed by atoms with Gasteiger partial charge in [-0.1, -0.05) is 30.3 Å². The average molecular weight is 413 g/mol. The highest BCUT2D eigenvalue weighted by Gasteiger charge is 2.17. The summed E-state index contributed by atoms with van der Waals surface area (Å²) in [7, 11) is 0. The minimum absolute atomic E-state index is 0.162. The normalized spacial score (nSPS) is 12.2. The molecule has 0 spiro atoms. The van der Waals surface area contributed by atoms with Gasteiger partial charge in [0.15, 0.2) is 11.5 Å². The van der Waals surface area contributed by atoms with Crippen LogP contribution in [0, 0.1) is 6.92 Å². The van der Waals surface area contributed by atoms with Crippen LogP contribution < -0.4 is 20.3 Å². The maximum Gasteiger partial charge on any atom is 0.260 e. The molecule has 0 saturated heterocycles. The second kappa shape index (κ2) is 7.60. The molecule has 0 atom stereocenters. The molecule has 31 heavy (non-hydrogen) atoms. The largest absolute Gasteiger partial charge is 0.454 e. The number of carbonyl (C=O) groups excluding carboxylic acids is 1. The van der Waals surface area contributed by atoms with Crippen LogP contribution >= 0.6 is 0 Å². The minimum Gasteiger partial charge on any atom is -0.454 e. The molecule has 0 saturated carbocycles. The molecule has 0 fully saturated rings. The number of pyridine rings is 2. The standard InChI is InChI=1S/C24H19N3O4/c1-15-18(23(28)26-17-7-8-21-22(11-17)31-14-30-21)12-19-20(25-15)9-10-27(24(19)29)13-16-5-3-2-4-6-16/h2-12H,13-14H2,1H3,(H,26,28). The zero-order valence-corrected chi connectivity index (χ0v) is 16.8. The van der Waals surface area contributed by atoms with Crippen molar-refractivity contribution >= 4 is 22.5 Å². The van der Waals surface area contributed by atoms with E-state index >= 15 is 0 Å². The molecule has 7 nitrogen and oxygen atoms in total. The molecule has 4 aromatic rings. The maximum atomic E-state index is 13.1. The number of hydrogen-bond acceptors (Lipinski definition) is 5. The smallest absolute Gasteiger partial charge is 0.260 e. The molecule has 1 aliphatic rings. The molecule has 0 bridgehead atoms. The number of nitrogens with zero attached hydrogens (tertiary/aromatic N) is 2. The second-order valence-electron chi connectivity index (χ2n) is 7.31. The monoisotopic (exact) mass is 413 g/mol. The Bertz CT molecular complexity index is 1360. The topological polar surface area (TPSA) is 82.5 Å². The summed E-state index contributed by atoms with van der Waals surface area (Å²) in [6.07, 6.45) is 1.73. The average Bonchev–Trinajstić information content (AvgIpc) is 3.24. The summed E-state index contributed by atoms with van der Waals surface area (Å²) in [5.74, 6) is 0.874. The SMILES string of the molecule is Cc1nc2ccn(Cc3ccccc3)c(=O)c2cc1C(=O)Nc1ccc2c(c1)OCO2. The molecule has 3 heterocycles. The first-order valence-corrected chi connectivity index (χ1v) is 9.84. The van der Waals surface area contributed by atoms with Crippen molar-refractivity contribution in [2.75, 3.05) is 12.1 Å². The Morgan fingerprint density at radius 3 is 2.71 bits per heavy atom. The summed E-state index contributed by atoms with van der Waals surface area (Å²) in [5, 5.41) is 3.25. The maximum absolute atomic E-state index is 13.1. The Hall–Kier alpha value is -4.13. The lowest BCUT2D eigenvalue weighted by Crippen LogP contribution is -2.22. The van der Waals surface area contributed by atoms with Gasteiger partial charge in [0.1, 0.15) is 0 Å². The molecule has 154 valence electrons. The zero-order valence-electron chi connectivity index (χ0n) is 16.8. The number of nitrogens with one attached hydrogen (secondary N) is 1. The second-order valence-corrected chi connectivity index (χ2v) is 7.31. The van der Waals surface area contributed by atoms with Gasteiger partial charge in [-0.3, -0.25) is 14.6 Å². The molecule has 1 aliphatic heterocycles. The molecule has 2 aromatic heterocycles. The lowest BCUT2D eigenvalue weighted by Gasteiger charge is -2.11. The van der Waals surface area contributed by atoms with Crippen molar-refractivity contribution in [1.29, 1.82) is 0 Å². The first kappa shape index (κ1) is 18.9. The first-order chi connectivity index (χ1) is 15.1. The van der Waals surface area contributed by atoms with Gasteiger partial charge in [-0.15, -0.1) is 0 Å². The Morgan fingerprint density at radius 1 is 1.06 bits per heavy atom. The van der Waals surface area contributed by atoms with Gasteiger partial charge in [0.25, 0.3) is 11.5 Å². The van der Waals surface area contributed by atoms with Crippen LogP contribution in [0.5, 0.6) is 11.5 Å². The molecule has 1 N–H and O–H groups in total. The molecule has 2 aromatic carbocycles. The fraction of sp³-hybridized carbons (Fsp3) is 0.125. The number of carbonyl (C=O) groups is 1. The summed E-state index contributed by atoms with van der Waals surface area (Å²) in [6.45, 7) is 2.36. The fourth-order valence-corrected chi connectivity index (χ4v) is 3.61. The van der Waals surface area contributed by atoms with E-state index in [1.165, 1.54) is 0 Å². The van der Waals surface area contributed by atoms with E-state index in [1.807, 2.05) is 30.3 Å². The predicted molar refractivity (Wildman–Crippen MR) is 117 cm³/mol. The quantitative estimate of drug-likeness (QED) is 0.551. The van der Waals surface area contributed by atoms with Gasteiger partial charge in [0.05, 0.1) is 28.7 Å². The van der Waals surface area contributed by atoms with E-state index in [1.54, 1.807) is 48.0 Å². The number of fused-ring (bicyclic) bond motifs is 2. The molecule has 0 radical (unpaired) electrons. The first-order valence-electron chi connectivity index (χ1n) is 9.84. The number of rotatable bonds is 4. The molecule has 0 aliphatic carbocycles. The minimum atomic E-state index is -0.344. The Labute approximate surface area is 177 Å². The lowest BCUT2D eigenvalue weighted by atomic mass is 10.1. The van der Waals surface area contributed by atoms with Crippen LogP contribution in [0.1, 0.15) is 21.6 Å². The summed E-state index contributed by atoms with van der Waals surface area (Å²) in [5.41, 5.74) is 2.86. The number of aromatic nitrogens is 2. The highest BCUT2D eigenvalue weighted by molar-refractivity contribution is 6.06. The van der Waals surface area contributed by atoms with Crippen LogP contribution in [0.2, 0.25) is 0 Å². The number of amides is 1. The van der Waals surface area contributed by atoms with E-state index in [-0.39, 0.29) is 18.3 Å². The van der Waals surface area contributed by atoms with E-state index < -0.39 is 0 Å². The Kier molecular flexibility index (Phi) is 4.63. The van der Waals surface area contributed by atoms with Crippen molar-refractivity contribution in [2.24, 2.45) is 0 Å². The van der Waals surface area contributed by atoms with Crippen molar-refractivity contribution < 1.29 is 14.3 Å². The van der Waals surface area contributed by atoms with Gasteiger partial charge < -0.3 is 19.4 Å². The molecule has 5 rings (SSSR count).